The van der Waals surface area contributed by atoms with Gasteiger partial charge in [0.05, 0.1) is 0 Å². The summed E-state index contributed by atoms with van der Waals surface area (Å²) in [5.74, 6) is 0. The molecule has 58 valence electrons. The summed E-state index contributed by atoms with van der Waals surface area (Å²) in [7, 11) is 0. The van der Waals surface area contributed by atoms with E-state index in [-0.39, 0.29) is 0 Å². The van der Waals surface area contributed by atoms with Crippen molar-refractivity contribution in [3.63, 3.8) is 0 Å². The van der Waals surface area contributed by atoms with Gasteiger partial charge in [-0.2, -0.15) is 0 Å². The van der Waals surface area contributed by atoms with Crippen molar-refractivity contribution in [1.29, 1.82) is 0 Å². The van der Waals surface area contributed by atoms with Crippen molar-refractivity contribution >= 4 is 0 Å². The van der Waals surface area contributed by atoms with E-state index in [1.165, 1.54) is 32.5 Å². The number of piperidine rings is 1. The Labute approximate surface area is 62.6 Å². The zero-order valence-corrected chi connectivity index (χ0v) is 6.64. The molecule has 2 saturated heterocycles. The van der Waals surface area contributed by atoms with Crippen LogP contribution in [0.15, 0.2) is 0 Å². The number of fused-ring (bicyclic) bond motifs is 1. The molecule has 1 N–H and O–H groups in total. The summed E-state index contributed by atoms with van der Waals surface area (Å²) < 4.78 is 0. The van der Waals surface area contributed by atoms with Gasteiger partial charge in [0.15, 0.2) is 0 Å². The molecule has 10 heavy (non-hydrogen) atoms. The van der Waals surface area contributed by atoms with Crippen LogP contribution in [0.1, 0.15) is 19.8 Å². The van der Waals surface area contributed by atoms with Gasteiger partial charge in [-0.3, -0.25) is 4.90 Å². The highest BCUT2D eigenvalue weighted by Gasteiger charge is 2.38. The highest BCUT2D eigenvalue weighted by atomic mass is 15.3. The van der Waals surface area contributed by atoms with Crippen molar-refractivity contribution in [3.05, 3.63) is 0 Å². The fraction of sp³-hybridized carbons (Fsp3) is 1.00. The summed E-state index contributed by atoms with van der Waals surface area (Å²) in [5.41, 5.74) is 0. The lowest BCUT2D eigenvalue weighted by atomic mass is 9.89. The van der Waals surface area contributed by atoms with Gasteiger partial charge < -0.3 is 5.32 Å². The average Bonchev–Trinajstić information content (AvgIpc) is 1.92. The number of rotatable bonds is 1. The van der Waals surface area contributed by atoms with Crippen LogP contribution in [0.4, 0.5) is 0 Å². The maximum absolute atomic E-state index is 3.54. The van der Waals surface area contributed by atoms with Crippen molar-refractivity contribution in [2.75, 3.05) is 19.6 Å². The monoisotopic (exact) mass is 140 g/mol. The second-order valence-corrected chi connectivity index (χ2v) is 3.36. The van der Waals surface area contributed by atoms with Gasteiger partial charge in [-0.1, -0.05) is 6.92 Å². The maximum Gasteiger partial charge on any atom is 0.0351 e. The quantitative estimate of drug-likeness (QED) is 0.568. The van der Waals surface area contributed by atoms with Crippen LogP contribution in [0.25, 0.3) is 0 Å². The van der Waals surface area contributed by atoms with E-state index < -0.39 is 0 Å². The minimum Gasteiger partial charge on any atom is -0.311 e. The van der Waals surface area contributed by atoms with E-state index in [1.54, 1.807) is 0 Å². The molecule has 2 unspecified atom stereocenters. The zero-order valence-electron chi connectivity index (χ0n) is 6.64. The predicted octanol–water partition coefficient (Wildman–Crippen LogP) is 0.442. The molecule has 2 aliphatic rings. The third kappa shape index (κ3) is 0.867. The van der Waals surface area contributed by atoms with Crippen LogP contribution >= 0.6 is 0 Å². The Morgan fingerprint density at radius 3 is 3.20 bits per heavy atom. The maximum atomic E-state index is 3.54. The molecule has 0 bridgehead atoms. The predicted molar refractivity (Wildman–Crippen MR) is 42.1 cm³/mol. The van der Waals surface area contributed by atoms with Crippen molar-refractivity contribution in [2.24, 2.45) is 0 Å². The van der Waals surface area contributed by atoms with E-state index in [0.717, 1.165) is 12.1 Å². The Bertz CT molecular complexity index is 120. The fourth-order valence-electron chi connectivity index (χ4n) is 2.17. The van der Waals surface area contributed by atoms with Gasteiger partial charge in [0.2, 0.25) is 0 Å². The number of hydrogen-bond donors (Lipinski definition) is 1. The van der Waals surface area contributed by atoms with E-state index in [0.29, 0.717) is 0 Å². The minimum atomic E-state index is 0.841. The smallest absolute Gasteiger partial charge is 0.0351 e. The Morgan fingerprint density at radius 2 is 2.50 bits per heavy atom. The molecular weight excluding hydrogens is 124 g/mol. The third-order valence-electron chi connectivity index (χ3n) is 2.85. The van der Waals surface area contributed by atoms with E-state index in [9.17, 15) is 0 Å². The Balaban J connectivity index is 1.89. The van der Waals surface area contributed by atoms with Crippen LogP contribution in [-0.2, 0) is 0 Å². The summed E-state index contributed by atoms with van der Waals surface area (Å²) in [6.45, 7) is 6.04. The standard InChI is InChI=1S/C8H16N2/c1-2-10-6-7-8(10)4-3-5-9-7/h7-9H,2-6H2,1H3. The molecule has 2 fully saturated rings. The van der Waals surface area contributed by atoms with Gasteiger partial charge in [-0.25, -0.2) is 0 Å². The van der Waals surface area contributed by atoms with E-state index in [1.807, 2.05) is 0 Å². The van der Waals surface area contributed by atoms with Crippen LogP contribution in [-0.4, -0.2) is 36.6 Å². The van der Waals surface area contributed by atoms with Crippen LogP contribution in [0.2, 0.25) is 0 Å². The SMILES string of the molecule is CCN1CC2NCCCC21. The van der Waals surface area contributed by atoms with Gasteiger partial charge in [-0.05, 0) is 25.9 Å². The largest absolute Gasteiger partial charge is 0.311 e. The van der Waals surface area contributed by atoms with Crippen molar-refractivity contribution in [2.45, 2.75) is 31.8 Å². The molecule has 2 rings (SSSR count). The molecule has 0 aromatic carbocycles. The lowest BCUT2D eigenvalue weighted by Crippen LogP contribution is -2.67. The molecule has 2 aliphatic heterocycles. The van der Waals surface area contributed by atoms with Gasteiger partial charge in [0.1, 0.15) is 0 Å². The fourth-order valence-corrected chi connectivity index (χ4v) is 2.17. The molecule has 2 atom stereocenters. The minimum absolute atomic E-state index is 0.841. The number of nitrogens with one attached hydrogen (secondary N) is 1. The lowest BCUT2D eigenvalue weighted by molar-refractivity contribution is 0.0245. The first-order chi connectivity index (χ1) is 4.92. The Hall–Kier alpha value is -0.0800. The zero-order chi connectivity index (χ0) is 6.97. The molecule has 2 heterocycles. The van der Waals surface area contributed by atoms with Gasteiger partial charge in [-0.15, -0.1) is 0 Å². The van der Waals surface area contributed by atoms with Crippen molar-refractivity contribution in [1.82, 2.24) is 10.2 Å². The number of hydrogen-bond acceptors (Lipinski definition) is 2. The van der Waals surface area contributed by atoms with Crippen molar-refractivity contribution in [3.8, 4) is 0 Å². The van der Waals surface area contributed by atoms with E-state index in [4.69, 9.17) is 0 Å². The van der Waals surface area contributed by atoms with E-state index in [2.05, 4.69) is 17.1 Å². The first-order valence-corrected chi connectivity index (χ1v) is 4.39. The molecule has 2 nitrogen and oxygen atoms in total. The highest BCUT2D eigenvalue weighted by molar-refractivity contribution is 4.98. The molecule has 0 aromatic heterocycles. The van der Waals surface area contributed by atoms with Gasteiger partial charge >= 0.3 is 0 Å². The number of nitrogens with zero attached hydrogens (tertiary/aromatic N) is 1. The highest BCUT2D eigenvalue weighted by Crippen LogP contribution is 2.24. The molecular formula is C8H16N2. The van der Waals surface area contributed by atoms with Crippen LogP contribution in [0, 0.1) is 0 Å². The third-order valence-corrected chi connectivity index (χ3v) is 2.85. The molecule has 0 aliphatic carbocycles. The van der Waals surface area contributed by atoms with Crippen molar-refractivity contribution < 1.29 is 0 Å². The lowest BCUT2D eigenvalue weighted by Gasteiger charge is -2.50. The Morgan fingerprint density at radius 1 is 1.60 bits per heavy atom. The molecule has 0 saturated carbocycles. The first kappa shape index (κ1) is 6.62. The van der Waals surface area contributed by atoms with Crippen LogP contribution < -0.4 is 5.32 Å². The topological polar surface area (TPSA) is 15.3 Å². The molecule has 2 heteroatoms. The summed E-state index contributed by atoms with van der Waals surface area (Å²) in [4.78, 5) is 2.57. The number of likely N-dealkylation sites (N-methyl/N-ethyl adjacent to an activating group) is 1. The number of likely N-dealkylation sites (tertiary alicyclic amines) is 1. The molecule has 0 amide bonds. The summed E-state index contributed by atoms with van der Waals surface area (Å²) >= 11 is 0. The second kappa shape index (κ2) is 2.51. The van der Waals surface area contributed by atoms with Crippen LogP contribution in [0.3, 0.4) is 0 Å². The van der Waals surface area contributed by atoms with Gasteiger partial charge in [0.25, 0.3) is 0 Å². The molecule has 0 radical (unpaired) electrons. The summed E-state index contributed by atoms with van der Waals surface area (Å²) in [5, 5.41) is 3.54. The first-order valence-electron chi connectivity index (χ1n) is 4.39. The molecule has 0 aromatic rings. The van der Waals surface area contributed by atoms with Crippen LogP contribution in [0.5, 0.6) is 0 Å². The van der Waals surface area contributed by atoms with E-state index >= 15 is 0 Å². The van der Waals surface area contributed by atoms with Gasteiger partial charge in [0, 0.05) is 18.6 Å². The average molecular weight is 140 g/mol. The summed E-state index contributed by atoms with van der Waals surface area (Å²) in [6.07, 6.45) is 2.79. The summed E-state index contributed by atoms with van der Waals surface area (Å²) in [6, 6.07) is 1.73. The Kier molecular flexibility index (Phi) is 1.66. The molecule has 0 spiro atoms. The second-order valence-electron chi connectivity index (χ2n) is 3.36. The normalized spacial score (nSPS) is 40.5.